The van der Waals surface area contributed by atoms with Crippen molar-refractivity contribution in [3.05, 3.63) is 106 Å². The molecular formula is C34H26Cl2N4O2. The smallest absolute Gasteiger partial charge is 0.224 e. The number of ketones is 2. The first-order valence-corrected chi connectivity index (χ1v) is 14.6. The van der Waals surface area contributed by atoms with Gasteiger partial charge in [0.2, 0.25) is 11.6 Å². The van der Waals surface area contributed by atoms with E-state index in [1.165, 1.54) is 0 Å². The number of aryl methyl sites for hydroxylation is 2. The number of carbonyl (C=O) groups is 2. The monoisotopic (exact) mass is 592 g/mol. The van der Waals surface area contributed by atoms with Crippen LogP contribution in [0.15, 0.2) is 106 Å². The van der Waals surface area contributed by atoms with Gasteiger partial charge in [0.25, 0.3) is 0 Å². The molecule has 0 saturated heterocycles. The minimum absolute atomic E-state index is 0.0441. The Morgan fingerprint density at radius 1 is 0.548 bits per heavy atom. The first kappa shape index (κ1) is 26.4. The summed E-state index contributed by atoms with van der Waals surface area (Å²) in [5.74, 6) is -1.10. The molecule has 1 aliphatic rings. The summed E-state index contributed by atoms with van der Waals surface area (Å²) in [6.07, 6.45) is 0. The SMILES string of the molecule is CCn1c2ccccc2c2cc(NC3=C(Cl)C(=O)C(Nc4ccc5c6ccccc6n(CC)c5c4)=C(Cl)C3=O)ccc21. The zero-order valence-corrected chi connectivity index (χ0v) is 24.5. The zero-order chi connectivity index (χ0) is 29.1. The van der Waals surface area contributed by atoms with Crippen LogP contribution in [0.25, 0.3) is 43.6 Å². The fraction of sp³-hybridized carbons (Fsp3) is 0.118. The lowest BCUT2D eigenvalue weighted by Gasteiger charge is -2.20. The van der Waals surface area contributed by atoms with Gasteiger partial charge in [0.1, 0.15) is 21.5 Å². The van der Waals surface area contributed by atoms with Crippen molar-refractivity contribution in [1.29, 1.82) is 0 Å². The van der Waals surface area contributed by atoms with Gasteiger partial charge in [-0.1, -0.05) is 65.7 Å². The standard InChI is InChI=1S/C34H26Cl2N4O2/c1-3-39-26-12-8-6-10-22(26)24-17-19(14-16-27(24)39)37-31-29(35)34(42)32(30(36)33(31)41)38-20-13-15-23-21-9-5-7-11-25(21)40(4-2)28(23)18-20/h5-18,37-38H,3-4H2,1-2H3. The Morgan fingerprint density at radius 3 is 1.60 bits per heavy atom. The molecule has 0 saturated carbocycles. The minimum atomic E-state index is -0.552. The second kappa shape index (κ2) is 10.1. The molecule has 6 aromatic rings. The number of halogens is 2. The molecule has 0 fully saturated rings. The van der Waals surface area contributed by atoms with E-state index >= 15 is 0 Å². The lowest BCUT2D eigenvalue weighted by molar-refractivity contribution is -0.115. The van der Waals surface area contributed by atoms with Crippen LogP contribution in [0.1, 0.15) is 13.8 Å². The molecule has 0 spiro atoms. The number of hydrogen-bond donors (Lipinski definition) is 2. The van der Waals surface area contributed by atoms with E-state index in [1.54, 1.807) is 0 Å². The van der Waals surface area contributed by atoms with Crippen LogP contribution in [0.4, 0.5) is 11.4 Å². The van der Waals surface area contributed by atoms with Crippen LogP contribution in [0.2, 0.25) is 0 Å². The predicted octanol–water partition coefficient (Wildman–Crippen LogP) is 8.52. The molecule has 2 aromatic heterocycles. The number of carbonyl (C=O) groups excluding carboxylic acids is 2. The molecule has 2 heterocycles. The highest BCUT2D eigenvalue weighted by atomic mass is 35.5. The molecule has 4 aromatic carbocycles. The van der Waals surface area contributed by atoms with Crippen LogP contribution in [0.3, 0.4) is 0 Å². The summed E-state index contributed by atoms with van der Waals surface area (Å²) < 4.78 is 4.45. The fourth-order valence-corrected chi connectivity index (χ4v) is 6.55. The van der Waals surface area contributed by atoms with E-state index in [2.05, 4.69) is 57.9 Å². The predicted molar refractivity (Wildman–Crippen MR) is 173 cm³/mol. The largest absolute Gasteiger partial charge is 0.351 e. The lowest BCUT2D eigenvalue weighted by Crippen LogP contribution is -2.27. The van der Waals surface area contributed by atoms with Gasteiger partial charge in [-0.25, -0.2) is 0 Å². The quantitative estimate of drug-likeness (QED) is 0.190. The molecule has 0 aliphatic heterocycles. The molecule has 0 amide bonds. The van der Waals surface area contributed by atoms with Crippen LogP contribution in [0.5, 0.6) is 0 Å². The maximum atomic E-state index is 13.4. The van der Waals surface area contributed by atoms with Gasteiger partial charge in [0.15, 0.2) is 0 Å². The third-order valence-corrected chi connectivity index (χ3v) is 8.73. The molecule has 0 atom stereocenters. The van der Waals surface area contributed by atoms with Gasteiger partial charge in [0, 0.05) is 62.6 Å². The van der Waals surface area contributed by atoms with E-state index in [4.69, 9.17) is 23.2 Å². The maximum absolute atomic E-state index is 13.4. The Kier molecular flexibility index (Phi) is 6.34. The summed E-state index contributed by atoms with van der Waals surface area (Å²) in [5.41, 5.74) is 5.54. The van der Waals surface area contributed by atoms with Crippen LogP contribution < -0.4 is 10.6 Å². The van der Waals surface area contributed by atoms with E-state index < -0.39 is 11.6 Å². The van der Waals surface area contributed by atoms with E-state index in [-0.39, 0.29) is 21.5 Å². The first-order valence-electron chi connectivity index (χ1n) is 13.9. The van der Waals surface area contributed by atoms with Crippen molar-refractivity contribution >= 4 is 89.8 Å². The second-order valence-electron chi connectivity index (χ2n) is 10.3. The van der Waals surface area contributed by atoms with Crippen LogP contribution in [-0.4, -0.2) is 20.7 Å². The Balaban J connectivity index is 1.22. The zero-order valence-electron chi connectivity index (χ0n) is 23.0. The van der Waals surface area contributed by atoms with Crippen molar-refractivity contribution in [3.63, 3.8) is 0 Å². The Bertz CT molecular complexity index is 2180. The minimum Gasteiger partial charge on any atom is -0.351 e. The summed E-state index contributed by atoms with van der Waals surface area (Å²) in [6, 6.07) is 28.1. The first-order chi connectivity index (χ1) is 20.4. The third-order valence-electron chi connectivity index (χ3n) is 8.01. The van der Waals surface area contributed by atoms with Crippen LogP contribution in [-0.2, 0) is 22.7 Å². The highest BCUT2D eigenvalue weighted by Crippen LogP contribution is 2.36. The fourth-order valence-electron chi connectivity index (χ4n) is 6.10. The van der Waals surface area contributed by atoms with E-state index in [0.29, 0.717) is 11.4 Å². The average molecular weight is 594 g/mol. The number of anilines is 2. The van der Waals surface area contributed by atoms with Gasteiger partial charge in [-0.05, 0) is 56.3 Å². The van der Waals surface area contributed by atoms with Crippen molar-refractivity contribution < 1.29 is 9.59 Å². The molecule has 2 N–H and O–H groups in total. The van der Waals surface area contributed by atoms with Gasteiger partial charge in [-0.2, -0.15) is 0 Å². The van der Waals surface area contributed by atoms with Gasteiger partial charge >= 0.3 is 0 Å². The highest BCUT2D eigenvalue weighted by Gasteiger charge is 2.34. The normalized spacial score (nSPS) is 14.3. The van der Waals surface area contributed by atoms with Gasteiger partial charge in [0.05, 0.1) is 5.52 Å². The molecule has 42 heavy (non-hydrogen) atoms. The number of aromatic nitrogens is 2. The van der Waals surface area contributed by atoms with Crippen molar-refractivity contribution in [2.24, 2.45) is 0 Å². The Hall–Kier alpha value is -4.52. The van der Waals surface area contributed by atoms with E-state index in [0.717, 1.165) is 56.7 Å². The van der Waals surface area contributed by atoms with Crippen molar-refractivity contribution in [3.8, 4) is 0 Å². The summed E-state index contributed by atoms with van der Waals surface area (Å²) in [7, 11) is 0. The molecule has 208 valence electrons. The number of Topliss-reactive ketones (excluding diaryl/α,β-unsaturated/α-hetero) is 2. The highest BCUT2D eigenvalue weighted by molar-refractivity contribution is 6.56. The molecular weight excluding hydrogens is 567 g/mol. The number of hydrogen-bond acceptors (Lipinski definition) is 4. The summed E-state index contributed by atoms with van der Waals surface area (Å²) in [4.78, 5) is 26.9. The molecule has 6 nitrogen and oxygen atoms in total. The van der Waals surface area contributed by atoms with Crippen LogP contribution in [0, 0.1) is 0 Å². The molecule has 8 heteroatoms. The van der Waals surface area contributed by atoms with E-state index in [9.17, 15) is 9.59 Å². The average Bonchev–Trinajstić information content (AvgIpc) is 3.51. The van der Waals surface area contributed by atoms with Crippen molar-refractivity contribution in [2.45, 2.75) is 26.9 Å². The third kappa shape index (κ3) is 3.94. The topological polar surface area (TPSA) is 68.1 Å². The molecule has 1 aliphatic carbocycles. The number of nitrogens with zero attached hydrogens (tertiary/aromatic N) is 2. The number of para-hydroxylation sites is 2. The van der Waals surface area contributed by atoms with Crippen molar-refractivity contribution in [1.82, 2.24) is 9.13 Å². The number of fused-ring (bicyclic) bond motifs is 6. The van der Waals surface area contributed by atoms with Crippen LogP contribution >= 0.6 is 23.2 Å². The maximum Gasteiger partial charge on any atom is 0.224 e. The summed E-state index contributed by atoms with van der Waals surface area (Å²) >= 11 is 13.1. The lowest BCUT2D eigenvalue weighted by atomic mass is 10.0. The molecule has 0 radical (unpaired) electrons. The van der Waals surface area contributed by atoms with Gasteiger partial charge in [-0.15, -0.1) is 0 Å². The number of benzene rings is 4. The Labute approximate surface area is 251 Å². The van der Waals surface area contributed by atoms with Crippen molar-refractivity contribution in [2.75, 3.05) is 10.6 Å². The molecule has 0 unspecified atom stereocenters. The number of nitrogens with one attached hydrogen (secondary N) is 2. The number of rotatable bonds is 6. The molecule has 7 rings (SSSR count). The summed E-state index contributed by atoms with van der Waals surface area (Å²) in [5, 5.41) is 10.1. The molecule has 0 bridgehead atoms. The second-order valence-corrected chi connectivity index (χ2v) is 11.0. The van der Waals surface area contributed by atoms with E-state index in [1.807, 2.05) is 60.7 Å². The summed E-state index contributed by atoms with van der Waals surface area (Å²) in [6.45, 7) is 5.80. The van der Waals surface area contributed by atoms with Gasteiger partial charge in [-0.3, -0.25) is 9.59 Å². The number of allylic oxidation sites excluding steroid dienone is 2. The Morgan fingerprint density at radius 2 is 1.00 bits per heavy atom. The van der Waals surface area contributed by atoms with Gasteiger partial charge < -0.3 is 19.8 Å².